The zero-order valence-corrected chi connectivity index (χ0v) is 11.0. The van der Waals surface area contributed by atoms with Gasteiger partial charge in [0, 0.05) is 18.0 Å². The molecule has 3 heteroatoms. The van der Waals surface area contributed by atoms with Gasteiger partial charge in [0.15, 0.2) is 0 Å². The Hall–Kier alpha value is -1.90. The molecule has 1 aromatic carbocycles. The van der Waals surface area contributed by atoms with Gasteiger partial charge in [0.1, 0.15) is 0 Å². The van der Waals surface area contributed by atoms with Gasteiger partial charge >= 0.3 is 0 Å². The highest BCUT2D eigenvalue weighted by atomic mass is 16.1. The molecule has 0 aliphatic rings. The minimum absolute atomic E-state index is 0.00703. The van der Waals surface area contributed by atoms with E-state index in [4.69, 9.17) is 0 Å². The van der Waals surface area contributed by atoms with E-state index in [9.17, 15) is 4.79 Å². The van der Waals surface area contributed by atoms with Crippen molar-refractivity contribution in [2.45, 2.75) is 27.2 Å². The van der Waals surface area contributed by atoms with E-state index in [1.807, 2.05) is 30.3 Å². The molecule has 0 saturated carbocycles. The smallest absolute Gasteiger partial charge is 0.224 e. The molecule has 0 radical (unpaired) electrons. The van der Waals surface area contributed by atoms with E-state index < -0.39 is 0 Å². The molecule has 0 aliphatic heterocycles. The van der Waals surface area contributed by atoms with Gasteiger partial charge in [-0.1, -0.05) is 26.8 Å². The molecule has 0 aliphatic carbocycles. The van der Waals surface area contributed by atoms with Crippen LogP contribution in [-0.2, 0) is 4.79 Å². The first-order chi connectivity index (χ1) is 8.46. The molecule has 94 valence electrons. The average Bonchev–Trinajstić information content (AvgIpc) is 2.27. The SMILES string of the molecule is CC(C)(C)CC(=O)Nc1cccc2ncccc12. The monoisotopic (exact) mass is 242 g/mol. The molecule has 1 amide bonds. The number of anilines is 1. The number of hydrogen-bond acceptors (Lipinski definition) is 2. The fraction of sp³-hybridized carbons (Fsp3) is 0.333. The standard InChI is InChI=1S/C15H18N2O/c1-15(2,3)10-14(18)17-13-8-4-7-12-11(13)6-5-9-16-12/h4-9H,10H2,1-3H3,(H,17,18). The lowest BCUT2D eigenvalue weighted by atomic mass is 9.92. The van der Waals surface area contributed by atoms with Crippen molar-refractivity contribution in [2.75, 3.05) is 5.32 Å². The maximum Gasteiger partial charge on any atom is 0.224 e. The van der Waals surface area contributed by atoms with Crippen LogP contribution in [0.2, 0.25) is 0 Å². The van der Waals surface area contributed by atoms with Crippen LogP contribution in [0.5, 0.6) is 0 Å². The van der Waals surface area contributed by atoms with Gasteiger partial charge in [-0.2, -0.15) is 0 Å². The van der Waals surface area contributed by atoms with Crippen molar-refractivity contribution >= 4 is 22.5 Å². The molecule has 0 bridgehead atoms. The minimum Gasteiger partial charge on any atom is -0.325 e. The minimum atomic E-state index is -0.00703. The van der Waals surface area contributed by atoms with Crippen LogP contribution in [0.15, 0.2) is 36.5 Å². The molecule has 2 aromatic rings. The Balaban J connectivity index is 2.24. The lowest BCUT2D eigenvalue weighted by Crippen LogP contribution is -2.19. The fourth-order valence-electron chi connectivity index (χ4n) is 1.89. The van der Waals surface area contributed by atoms with Crippen molar-refractivity contribution in [1.29, 1.82) is 0 Å². The van der Waals surface area contributed by atoms with Gasteiger partial charge in [0.2, 0.25) is 5.91 Å². The van der Waals surface area contributed by atoms with Crippen molar-refractivity contribution in [3.8, 4) is 0 Å². The number of carbonyl (C=O) groups is 1. The summed E-state index contributed by atoms with van der Waals surface area (Å²) in [5.41, 5.74) is 1.72. The van der Waals surface area contributed by atoms with E-state index >= 15 is 0 Å². The summed E-state index contributed by atoms with van der Waals surface area (Å²) >= 11 is 0. The van der Waals surface area contributed by atoms with Gasteiger partial charge < -0.3 is 5.32 Å². The van der Waals surface area contributed by atoms with E-state index in [1.54, 1.807) is 6.20 Å². The molecule has 3 nitrogen and oxygen atoms in total. The van der Waals surface area contributed by atoms with Gasteiger partial charge in [-0.15, -0.1) is 0 Å². The van der Waals surface area contributed by atoms with Crippen LogP contribution in [0.3, 0.4) is 0 Å². The predicted molar refractivity (Wildman–Crippen MR) is 74.4 cm³/mol. The molecular weight excluding hydrogens is 224 g/mol. The first-order valence-electron chi connectivity index (χ1n) is 6.09. The molecule has 1 N–H and O–H groups in total. The van der Waals surface area contributed by atoms with Crippen LogP contribution in [0.4, 0.5) is 5.69 Å². The number of rotatable bonds is 2. The topological polar surface area (TPSA) is 42.0 Å². The van der Waals surface area contributed by atoms with Crippen molar-refractivity contribution in [3.05, 3.63) is 36.5 Å². The molecule has 18 heavy (non-hydrogen) atoms. The molecule has 0 atom stereocenters. The molecule has 2 rings (SSSR count). The number of benzene rings is 1. The highest BCUT2D eigenvalue weighted by molar-refractivity contribution is 6.01. The Labute approximate surface area is 107 Å². The second-order valence-corrected chi connectivity index (χ2v) is 5.66. The molecular formula is C15H18N2O. The van der Waals surface area contributed by atoms with E-state index in [-0.39, 0.29) is 11.3 Å². The van der Waals surface area contributed by atoms with Crippen LogP contribution in [-0.4, -0.2) is 10.9 Å². The van der Waals surface area contributed by atoms with Gasteiger partial charge in [-0.3, -0.25) is 9.78 Å². The first-order valence-corrected chi connectivity index (χ1v) is 6.09. The second kappa shape index (κ2) is 4.77. The third-order valence-corrected chi connectivity index (χ3v) is 2.61. The maximum atomic E-state index is 11.9. The van der Waals surface area contributed by atoms with Crippen LogP contribution in [0.1, 0.15) is 27.2 Å². The largest absolute Gasteiger partial charge is 0.325 e. The van der Waals surface area contributed by atoms with Crippen molar-refractivity contribution in [3.63, 3.8) is 0 Å². The Morgan fingerprint density at radius 1 is 1.22 bits per heavy atom. The highest BCUT2D eigenvalue weighted by Gasteiger charge is 2.16. The summed E-state index contributed by atoms with van der Waals surface area (Å²) in [7, 11) is 0. The van der Waals surface area contributed by atoms with Crippen LogP contribution in [0.25, 0.3) is 10.9 Å². The Morgan fingerprint density at radius 2 is 2.00 bits per heavy atom. The number of hydrogen-bond donors (Lipinski definition) is 1. The Bertz CT molecular complexity index is 565. The second-order valence-electron chi connectivity index (χ2n) is 5.66. The number of carbonyl (C=O) groups excluding carboxylic acids is 1. The lowest BCUT2D eigenvalue weighted by molar-refractivity contribution is -0.117. The lowest BCUT2D eigenvalue weighted by Gasteiger charge is -2.17. The summed E-state index contributed by atoms with van der Waals surface area (Å²) in [5.74, 6) is 0.0406. The van der Waals surface area contributed by atoms with Crippen molar-refractivity contribution in [2.24, 2.45) is 5.41 Å². The molecule has 0 fully saturated rings. The van der Waals surface area contributed by atoms with E-state index in [2.05, 4.69) is 31.1 Å². The molecule has 0 saturated heterocycles. The summed E-state index contributed by atoms with van der Waals surface area (Å²) in [4.78, 5) is 16.2. The maximum absolute atomic E-state index is 11.9. The van der Waals surface area contributed by atoms with Gasteiger partial charge in [-0.25, -0.2) is 0 Å². The average molecular weight is 242 g/mol. The van der Waals surface area contributed by atoms with Gasteiger partial charge in [0.25, 0.3) is 0 Å². The quantitative estimate of drug-likeness (QED) is 0.874. The number of fused-ring (bicyclic) bond motifs is 1. The third-order valence-electron chi connectivity index (χ3n) is 2.61. The zero-order chi connectivity index (χ0) is 13.2. The highest BCUT2D eigenvalue weighted by Crippen LogP contribution is 2.23. The van der Waals surface area contributed by atoms with Gasteiger partial charge in [0.05, 0.1) is 11.2 Å². The molecule has 0 unspecified atom stereocenters. The zero-order valence-electron chi connectivity index (χ0n) is 11.0. The molecule has 0 spiro atoms. The normalized spacial score (nSPS) is 11.5. The van der Waals surface area contributed by atoms with E-state index in [1.165, 1.54) is 0 Å². The number of aromatic nitrogens is 1. The summed E-state index contributed by atoms with van der Waals surface area (Å²) < 4.78 is 0. The van der Waals surface area contributed by atoms with Crippen LogP contribution >= 0.6 is 0 Å². The molecule has 1 aromatic heterocycles. The van der Waals surface area contributed by atoms with E-state index in [0.29, 0.717) is 6.42 Å². The summed E-state index contributed by atoms with van der Waals surface area (Å²) in [6, 6.07) is 9.60. The number of amides is 1. The number of nitrogens with one attached hydrogen (secondary N) is 1. The van der Waals surface area contributed by atoms with Crippen molar-refractivity contribution in [1.82, 2.24) is 4.98 Å². The first kappa shape index (κ1) is 12.6. The molecule has 1 heterocycles. The van der Waals surface area contributed by atoms with Crippen LogP contribution in [0, 0.1) is 5.41 Å². The summed E-state index contributed by atoms with van der Waals surface area (Å²) in [5, 5.41) is 3.94. The fourth-order valence-corrected chi connectivity index (χ4v) is 1.89. The van der Waals surface area contributed by atoms with Crippen LogP contribution < -0.4 is 5.32 Å². The number of pyridine rings is 1. The van der Waals surface area contributed by atoms with Gasteiger partial charge in [-0.05, 0) is 29.7 Å². The Kier molecular flexibility index (Phi) is 3.32. The van der Waals surface area contributed by atoms with E-state index in [0.717, 1.165) is 16.6 Å². The Morgan fingerprint density at radius 3 is 2.72 bits per heavy atom. The summed E-state index contributed by atoms with van der Waals surface area (Å²) in [6.45, 7) is 6.16. The third kappa shape index (κ3) is 3.06. The number of nitrogens with zero attached hydrogens (tertiary/aromatic N) is 1. The predicted octanol–water partition coefficient (Wildman–Crippen LogP) is 3.61. The van der Waals surface area contributed by atoms with Crippen molar-refractivity contribution < 1.29 is 4.79 Å². The summed E-state index contributed by atoms with van der Waals surface area (Å²) in [6.07, 6.45) is 2.26.